The number of amidine groups is 1. The minimum absolute atomic E-state index is 0.225. The first-order chi connectivity index (χ1) is 8.17. The van der Waals surface area contributed by atoms with Crippen molar-refractivity contribution in [3.05, 3.63) is 23.2 Å². The number of anilines is 1. The summed E-state index contributed by atoms with van der Waals surface area (Å²) in [4.78, 5) is 0. The summed E-state index contributed by atoms with van der Waals surface area (Å²) in [6.07, 6.45) is 1.29. The number of hydrogen-bond acceptors (Lipinski definition) is 4. The van der Waals surface area contributed by atoms with Crippen molar-refractivity contribution in [3.63, 3.8) is 0 Å². The number of hydrogen-bond donors (Lipinski definition) is 3. The summed E-state index contributed by atoms with van der Waals surface area (Å²) >= 11 is 6.02. The molecule has 0 amide bonds. The summed E-state index contributed by atoms with van der Waals surface area (Å²) in [5.41, 5.74) is 6.16. The van der Waals surface area contributed by atoms with Gasteiger partial charge >= 0.3 is 0 Å². The highest BCUT2D eigenvalue weighted by Crippen LogP contribution is 2.26. The molecule has 0 unspecified atom stereocenters. The van der Waals surface area contributed by atoms with Crippen LogP contribution in [0.3, 0.4) is 0 Å². The molecule has 6 heteroatoms. The third kappa shape index (κ3) is 4.40. The van der Waals surface area contributed by atoms with Crippen molar-refractivity contribution in [3.8, 4) is 5.75 Å². The van der Waals surface area contributed by atoms with Crippen LogP contribution in [0.15, 0.2) is 23.4 Å². The predicted molar refractivity (Wildman–Crippen MR) is 69.1 cm³/mol. The zero-order valence-electron chi connectivity index (χ0n) is 9.61. The summed E-state index contributed by atoms with van der Waals surface area (Å²) in [5, 5.41) is 15.1. The van der Waals surface area contributed by atoms with Gasteiger partial charge in [0, 0.05) is 19.0 Å². The molecule has 0 saturated carbocycles. The molecule has 0 fully saturated rings. The summed E-state index contributed by atoms with van der Waals surface area (Å²) in [7, 11) is 1.60. The lowest BCUT2D eigenvalue weighted by atomic mass is 10.2. The summed E-state index contributed by atoms with van der Waals surface area (Å²) in [6.45, 7) is 0.684. The van der Waals surface area contributed by atoms with E-state index in [-0.39, 0.29) is 5.84 Å². The van der Waals surface area contributed by atoms with Gasteiger partial charge in [0.05, 0.1) is 17.8 Å². The molecule has 0 atom stereocenters. The minimum atomic E-state index is 0.225. The maximum absolute atomic E-state index is 8.37. The van der Waals surface area contributed by atoms with Gasteiger partial charge in [0.25, 0.3) is 0 Å². The number of nitrogens with zero attached hydrogens (tertiary/aromatic N) is 1. The monoisotopic (exact) mass is 257 g/mol. The van der Waals surface area contributed by atoms with Crippen molar-refractivity contribution in [2.75, 3.05) is 19.0 Å². The third-order valence-electron chi connectivity index (χ3n) is 2.23. The summed E-state index contributed by atoms with van der Waals surface area (Å²) in [6, 6.07) is 5.39. The first kappa shape index (κ1) is 13.4. The number of oxime groups is 1. The highest BCUT2D eigenvalue weighted by Gasteiger charge is 2.02. The number of nitrogens with one attached hydrogen (secondary N) is 1. The maximum Gasteiger partial charge on any atom is 0.139 e. The van der Waals surface area contributed by atoms with Crippen molar-refractivity contribution >= 4 is 23.1 Å². The number of rotatable bonds is 6. The van der Waals surface area contributed by atoms with Crippen LogP contribution in [-0.4, -0.2) is 24.7 Å². The Labute approximate surface area is 105 Å². The van der Waals surface area contributed by atoms with Gasteiger partial charge in [-0.15, -0.1) is 0 Å². The second kappa shape index (κ2) is 6.85. The van der Waals surface area contributed by atoms with Crippen LogP contribution < -0.4 is 15.8 Å². The van der Waals surface area contributed by atoms with E-state index in [1.165, 1.54) is 0 Å². The lowest BCUT2D eigenvalue weighted by molar-refractivity contribution is 0.316. The Morgan fingerprint density at radius 2 is 2.35 bits per heavy atom. The molecule has 0 radical (unpaired) electrons. The number of nitrogens with two attached hydrogens (primary N) is 1. The predicted octanol–water partition coefficient (Wildman–Crippen LogP) is 2.29. The fourth-order valence-corrected chi connectivity index (χ4v) is 1.49. The van der Waals surface area contributed by atoms with Gasteiger partial charge in [0.2, 0.25) is 0 Å². The molecule has 0 aliphatic rings. The van der Waals surface area contributed by atoms with Gasteiger partial charge in [-0.05, 0) is 18.6 Å². The fraction of sp³-hybridized carbons (Fsp3) is 0.364. The molecule has 0 aliphatic carbocycles. The van der Waals surface area contributed by atoms with Crippen molar-refractivity contribution in [1.29, 1.82) is 0 Å². The van der Waals surface area contributed by atoms with Crippen LogP contribution in [0.2, 0.25) is 5.02 Å². The summed E-state index contributed by atoms with van der Waals surface area (Å²) < 4.78 is 5.10. The Hall–Kier alpha value is -1.62. The third-order valence-corrected chi connectivity index (χ3v) is 2.56. The normalized spacial score (nSPS) is 11.3. The van der Waals surface area contributed by atoms with E-state index in [2.05, 4.69) is 10.5 Å². The lowest BCUT2D eigenvalue weighted by Crippen LogP contribution is -2.13. The fourth-order valence-electron chi connectivity index (χ4n) is 1.31. The van der Waals surface area contributed by atoms with E-state index in [1.807, 2.05) is 6.07 Å². The minimum Gasteiger partial charge on any atom is -0.497 e. The Morgan fingerprint density at radius 3 is 3.00 bits per heavy atom. The highest BCUT2D eigenvalue weighted by atomic mass is 35.5. The van der Waals surface area contributed by atoms with Gasteiger partial charge in [0.1, 0.15) is 11.6 Å². The van der Waals surface area contributed by atoms with Crippen molar-refractivity contribution in [2.24, 2.45) is 10.9 Å². The molecule has 0 aliphatic heterocycles. The molecule has 94 valence electrons. The maximum atomic E-state index is 8.37. The number of benzene rings is 1. The standard InChI is InChI=1S/C11H16ClN3O2/c1-17-8-4-5-9(12)10(7-8)14-6-2-3-11(13)15-16/h4-5,7,14,16H,2-3,6H2,1H3,(H2,13,15). The zero-order chi connectivity index (χ0) is 12.7. The van der Waals surface area contributed by atoms with Crippen molar-refractivity contribution in [2.45, 2.75) is 12.8 Å². The highest BCUT2D eigenvalue weighted by molar-refractivity contribution is 6.33. The Balaban J connectivity index is 2.46. The second-order valence-electron chi connectivity index (χ2n) is 3.47. The largest absolute Gasteiger partial charge is 0.497 e. The van der Waals surface area contributed by atoms with E-state index in [4.69, 9.17) is 27.3 Å². The molecule has 1 aromatic carbocycles. The molecular formula is C11H16ClN3O2. The van der Waals surface area contributed by atoms with Crippen LogP contribution in [0.4, 0.5) is 5.69 Å². The van der Waals surface area contributed by atoms with Crippen LogP contribution in [0.5, 0.6) is 5.75 Å². The molecule has 0 bridgehead atoms. The molecule has 0 spiro atoms. The van der Waals surface area contributed by atoms with Gasteiger partial charge in [0.15, 0.2) is 0 Å². The molecule has 0 saturated heterocycles. The lowest BCUT2D eigenvalue weighted by Gasteiger charge is -2.09. The number of halogens is 1. The average Bonchev–Trinajstić information content (AvgIpc) is 2.36. The quantitative estimate of drug-likeness (QED) is 0.240. The molecule has 1 aromatic rings. The Kier molecular flexibility index (Phi) is 5.42. The molecule has 4 N–H and O–H groups in total. The SMILES string of the molecule is COc1ccc(Cl)c(NCCC/C(N)=N/O)c1. The smallest absolute Gasteiger partial charge is 0.139 e. The van der Waals surface area contributed by atoms with E-state index in [9.17, 15) is 0 Å². The topological polar surface area (TPSA) is 79.9 Å². The van der Waals surface area contributed by atoms with Crippen LogP contribution in [-0.2, 0) is 0 Å². The van der Waals surface area contributed by atoms with Crippen LogP contribution in [0.1, 0.15) is 12.8 Å². The van der Waals surface area contributed by atoms with Gasteiger partial charge in [-0.3, -0.25) is 0 Å². The van der Waals surface area contributed by atoms with E-state index in [1.54, 1.807) is 19.2 Å². The molecule has 0 aromatic heterocycles. The van der Waals surface area contributed by atoms with E-state index in [0.29, 0.717) is 18.0 Å². The zero-order valence-corrected chi connectivity index (χ0v) is 10.4. The average molecular weight is 258 g/mol. The van der Waals surface area contributed by atoms with Crippen molar-refractivity contribution in [1.82, 2.24) is 0 Å². The molecular weight excluding hydrogens is 242 g/mol. The van der Waals surface area contributed by atoms with Crippen molar-refractivity contribution < 1.29 is 9.94 Å². The first-order valence-corrected chi connectivity index (χ1v) is 5.59. The van der Waals surface area contributed by atoms with E-state index >= 15 is 0 Å². The van der Waals surface area contributed by atoms with Crippen LogP contribution in [0.25, 0.3) is 0 Å². The molecule has 1 rings (SSSR count). The van der Waals surface area contributed by atoms with E-state index in [0.717, 1.165) is 17.9 Å². The Bertz CT molecular complexity index is 396. The number of methoxy groups -OCH3 is 1. The van der Waals surface area contributed by atoms with Gasteiger partial charge in [-0.2, -0.15) is 0 Å². The second-order valence-corrected chi connectivity index (χ2v) is 3.87. The molecule has 0 heterocycles. The van der Waals surface area contributed by atoms with Gasteiger partial charge < -0.3 is 21.0 Å². The van der Waals surface area contributed by atoms with Gasteiger partial charge in [-0.1, -0.05) is 16.8 Å². The Morgan fingerprint density at radius 1 is 1.59 bits per heavy atom. The van der Waals surface area contributed by atoms with E-state index < -0.39 is 0 Å². The molecule has 17 heavy (non-hydrogen) atoms. The first-order valence-electron chi connectivity index (χ1n) is 5.21. The van der Waals surface area contributed by atoms with Gasteiger partial charge in [-0.25, -0.2) is 0 Å². The molecule has 5 nitrogen and oxygen atoms in total. The van der Waals surface area contributed by atoms with Crippen LogP contribution >= 0.6 is 11.6 Å². The summed E-state index contributed by atoms with van der Waals surface area (Å²) in [5.74, 6) is 0.969. The van der Waals surface area contributed by atoms with Crippen LogP contribution in [0, 0.1) is 0 Å². The number of ether oxygens (including phenoxy) is 1.